The molecule has 2 fully saturated rings. The Kier molecular flexibility index (Phi) is 6.74. The Morgan fingerprint density at radius 1 is 1.03 bits per heavy atom. The molecule has 0 saturated carbocycles. The molecule has 4 rings (SSSR count). The van der Waals surface area contributed by atoms with E-state index in [1.54, 1.807) is 16.2 Å². The summed E-state index contributed by atoms with van der Waals surface area (Å²) in [7, 11) is -3.08. The first-order valence-corrected chi connectivity index (χ1v) is 13.2. The number of carbonyl (C=O) groups is 2. The quantitative estimate of drug-likeness (QED) is 0.655. The lowest BCUT2D eigenvalue weighted by molar-refractivity contribution is -0.135. The first-order valence-electron chi connectivity index (χ1n) is 10.5. The van der Waals surface area contributed by atoms with E-state index in [-0.39, 0.29) is 35.9 Å². The number of carbonyl (C=O) groups excluding carboxylic acids is 2. The van der Waals surface area contributed by atoms with Crippen molar-refractivity contribution in [1.82, 2.24) is 14.7 Å². The number of sulfone groups is 1. The molecule has 3 heterocycles. The number of thiophene rings is 1. The summed E-state index contributed by atoms with van der Waals surface area (Å²) in [6.45, 7) is 3.09. The van der Waals surface area contributed by atoms with E-state index in [2.05, 4.69) is 4.90 Å². The SMILES string of the molecule is O=C(c1ccccc1)N1CCN(CC(=O)N(Cc2cccs2)C2CCS(=O)(=O)C2)CC1. The molecule has 2 amide bonds. The maximum atomic E-state index is 13.2. The molecule has 0 N–H and O–H groups in total. The van der Waals surface area contributed by atoms with E-state index in [9.17, 15) is 18.0 Å². The van der Waals surface area contributed by atoms with Gasteiger partial charge in [0, 0.05) is 42.7 Å². The van der Waals surface area contributed by atoms with Gasteiger partial charge in [0.25, 0.3) is 5.91 Å². The van der Waals surface area contributed by atoms with Crippen LogP contribution in [0.25, 0.3) is 0 Å². The predicted molar refractivity (Wildman–Crippen MR) is 121 cm³/mol. The first-order chi connectivity index (χ1) is 14.9. The molecule has 7 nitrogen and oxygen atoms in total. The fourth-order valence-electron chi connectivity index (χ4n) is 4.17. The molecule has 166 valence electrons. The highest BCUT2D eigenvalue weighted by Gasteiger charge is 2.35. The average molecular weight is 462 g/mol. The second-order valence-electron chi connectivity index (χ2n) is 8.09. The minimum Gasteiger partial charge on any atom is -0.336 e. The Bertz CT molecular complexity index is 1000. The summed E-state index contributed by atoms with van der Waals surface area (Å²) in [5.74, 6) is 0.163. The lowest BCUT2D eigenvalue weighted by Gasteiger charge is -2.36. The van der Waals surface area contributed by atoms with Crippen molar-refractivity contribution in [2.75, 3.05) is 44.2 Å². The molecule has 31 heavy (non-hydrogen) atoms. The van der Waals surface area contributed by atoms with Gasteiger partial charge in [0.1, 0.15) is 0 Å². The standard InChI is InChI=1S/C22H27N3O4S2/c26-21(25(15-20-7-4-13-30-20)19-8-14-31(28,29)17-19)16-23-9-11-24(12-10-23)22(27)18-5-2-1-3-6-18/h1-7,13,19H,8-12,14-17H2. The van der Waals surface area contributed by atoms with Gasteiger partial charge in [0.15, 0.2) is 9.84 Å². The lowest BCUT2D eigenvalue weighted by Crippen LogP contribution is -2.52. The van der Waals surface area contributed by atoms with Crippen LogP contribution in [0.5, 0.6) is 0 Å². The van der Waals surface area contributed by atoms with Gasteiger partial charge in [-0.1, -0.05) is 24.3 Å². The fraction of sp³-hybridized carbons (Fsp3) is 0.455. The zero-order chi connectivity index (χ0) is 21.8. The lowest BCUT2D eigenvalue weighted by atomic mass is 10.1. The maximum Gasteiger partial charge on any atom is 0.253 e. The number of benzene rings is 1. The topological polar surface area (TPSA) is 78.0 Å². The van der Waals surface area contributed by atoms with Crippen LogP contribution in [-0.2, 0) is 21.2 Å². The predicted octanol–water partition coefficient (Wildman–Crippen LogP) is 1.72. The Morgan fingerprint density at radius 3 is 2.39 bits per heavy atom. The third-order valence-electron chi connectivity index (χ3n) is 5.91. The van der Waals surface area contributed by atoms with Gasteiger partial charge in [-0.25, -0.2) is 8.42 Å². The largest absolute Gasteiger partial charge is 0.336 e. The van der Waals surface area contributed by atoms with E-state index in [0.717, 1.165) is 4.88 Å². The van der Waals surface area contributed by atoms with Crippen LogP contribution in [0.2, 0.25) is 0 Å². The summed E-state index contributed by atoms with van der Waals surface area (Å²) < 4.78 is 24.0. The number of nitrogens with zero attached hydrogens (tertiary/aromatic N) is 3. The molecule has 1 unspecified atom stereocenters. The van der Waals surface area contributed by atoms with Crippen LogP contribution in [-0.4, -0.2) is 85.2 Å². The van der Waals surface area contributed by atoms with Crippen molar-refractivity contribution in [3.8, 4) is 0 Å². The molecule has 0 bridgehead atoms. The molecule has 2 aliphatic rings. The van der Waals surface area contributed by atoms with Gasteiger partial charge in [0.2, 0.25) is 5.91 Å². The molecule has 2 aliphatic heterocycles. The van der Waals surface area contributed by atoms with E-state index >= 15 is 0 Å². The van der Waals surface area contributed by atoms with E-state index in [4.69, 9.17) is 0 Å². The smallest absolute Gasteiger partial charge is 0.253 e. The Labute approximate surface area is 187 Å². The van der Waals surface area contributed by atoms with Gasteiger partial charge >= 0.3 is 0 Å². The summed E-state index contributed by atoms with van der Waals surface area (Å²) in [6, 6.07) is 12.9. The van der Waals surface area contributed by atoms with Gasteiger partial charge in [-0.3, -0.25) is 14.5 Å². The van der Waals surface area contributed by atoms with Crippen LogP contribution < -0.4 is 0 Å². The molecule has 1 atom stereocenters. The zero-order valence-electron chi connectivity index (χ0n) is 17.4. The normalized spacial score (nSPS) is 21.2. The summed E-state index contributed by atoms with van der Waals surface area (Å²) in [5.41, 5.74) is 0.677. The summed E-state index contributed by atoms with van der Waals surface area (Å²) >= 11 is 1.57. The van der Waals surface area contributed by atoms with Gasteiger partial charge in [-0.15, -0.1) is 11.3 Å². The molecule has 0 radical (unpaired) electrons. The molecule has 9 heteroatoms. The number of piperazine rings is 1. The van der Waals surface area contributed by atoms with Crippen molar-refractivity contribution in [1.29, 1.82) is 0 Å². The van der Waals surface area contributed by atoms with Crippen LogP contribution in [0, 0.1) is 0 Å². The van der Waals surface area contributed by atoms with Crippen molar-refractivity contribution in [2.24, 2.45) is 0 Å². The molecule has 1 aromatic carbocycles. The minimum absolute atomic E-state index is 0.0158. The minimum atomic E-state index is -3.08. The third-order valence-corrected chi connectivity index (χ3v) is 8.53. The van der Waals surface area contributed by atoms with E-state index in [1.165, 1.54) is 0 Å². The number of hydrogen-bond acceptors (Lipinski definition) is 6. The molecular formula is C22H27N3O4S2. The fourth-order valence-corrected chi connectivity index (χ4v) is 6.60. The van der Waals surface area contributed by atoms with Crippen molar-refractivity contribution < 1.29 is 18.0 Å². The zero-order valence-corrected chi connectivity index (χ0v) is 19.0. The van der Waals surface area contributed by atoms with Gasteiger partial charge in [0.05, 0.1) is 24.6 Å². The maximum absolute atomic E-state index is 13.2. The average Bonchev–Trinajstić information content (AvgIpc) is 3.41. The van der Waals surface area contributed by atoms with Gasteiger partial charge in [-0.05, 0) is 30.0 Å². The van der Waals surface area contributed by atoms with Gasteiger partial charge in [-0.2, -0.15) is 0 Å². The monoisotopic (exact) mass is 461 g/mol. The highest BCUT2D eigenvalue weighted by atomic mass is 32.2. The number of amides is 2. The second kappa shape index (κ2) is 9.50. The Morgan fingerprint density at radius 2 is 1.77 bits per heavy atom. The van der Waals surface area contributed by atoms with Crippen LogP contribution in [0.1, 0.15) is 21.7 Å². The molecular weight excluding hydrogens is 434 g/mol. The molecule has 0 aliphatic carbocycles. The first kappa shape index (κ1) is 22.0. The number of hydrogen-bond donors (Lipinski definition) is 0. The third kappa shape index (κ3) is 5.53. The highest BCUT2D eigenvalue weighted by molar-refractivity contribution is 7.91. The number of rotatable bonds is 6. The molecule has 2 saturated heterocycles. The summed E-state index contributed by atoms with van der Waals surface area (Å²) in [4.78, 5) is 32.5. The summed E-state index contributed by atoms with van der Waals surface area (Å²) in [5, 5.41) is 1.96. The van der Waals surface area contributed by atoms with Crippen molar-refractivity contribution >= 4 is 33.0 Å². The van der Waals surface area contributed by atoms with Crippen molar-refractivity contribution in [3.63, 3.8) is 0 Å². The van der Waals surface area contributed by atoms with Crippen LogP contribution in [0.15, 0.2) is 47.8 Å². The van der Waals surface area contributed by atoms with Crippen LogP contribution in [0.3, 0.4) is 0 Å². The molecule has 2 aromatic rings. The van der Waals surface area contributed by atoms with Crippen LogP contribution in [0.4, 0.5) is 0 Å². The van der Waals surface area contributed by atoms with E-state index in [0.29, 0.717) is 44.7 Å². The Hall–Kier alpha value is -2.23. The summed E-state index contributed by atoms with van der Waals surface area (Å²) in [6.07, 6.45) is 0.499. The Balaban J connectivity index is 1.36. The molecule has 1 aromatic heterocycles. The van der Waals surface area contributed by atoms with Crippen molar-refractivity contribution in [2.45, 2.75) is 19.0 Å². The highest BCUT2D eigenvalue weighted by Crippen LogP contribution is 2.22. The second-order valence-corrected chi connectivity index (χ2v) is 11.4. The van der Waals surface area contributed by atoms with Crippen LogP contribution >= 0.6 is 11.3 Å². The molecule has 0 spiro atoms. The van der Waals surface area contributed by atoms with E-state index in [1.807, 2.05) is 52.7 Å². The van der Waals surface area contributed by atoms with Gasteiger partial charge < -0.3 is 9.80 Å². The van der Waals surface area contributed by atoms with E-state index < -0.39 is 9.84 Å². The van der Waals surface area contributed by atoms with Crippen molar-refractivity contribution in [3.05, 3.63) is 58.3 Å².